The van der Waals surface area contributed by atoms with E-state index in [1.807, 2.05) is 0 Å². The Morgan fingerprint density at radius 1 is 1.14 bits per heavy atom. The number of rotatable bonds is 5. The summed E-state index contributed by atoms with van der Waals surface area (Å²) in [6.07, 6.45) is 0.970. The second-order valence-corrected chi connectivity index (χ2v) is 5.74. The predicted octanol–water partition coefficient (Wildman–Crippen LogP) is 1.30. The number of anilines is 2. The molecular weight excluding hydrogens is 306 g/mol. The maximum atomic E-state index is 11.4. The molecule has 0 radical (unpaired) electrons. The van der Waals surface area contributed by atoms with E-state index in [-0.39, 0.29) is 17.1 Å². The van der Waals surface area contributed by atoms with Crippen LogP contribution in [0.1, 0.15) is 0 Å². The number of nitrogens with zero attached hydrogens (tertiary/aromatic N) is 3. The number of benzene rings is 1. The molecular formula is C13H11N5O3S. The summed E-state index contributed by atoms with van der Waals surface area (Å²) in [5.74, 6) is 0.398. The van der Waals surface area contributed by atoms with Crippen molar-refractivity contribution in [3.05, 3.63) is 29.5 Å². The van der Waals surface area contributed by atoms with Crippen molar-refractivity contribution in [2.24, 2.45) is 0 Å². The highest BCUT2D eigenvalue weighted by Gasteiger charge is 2.13. The zero-order chi connectivity index (χ0) is 16.8. The van der Waals surface area contributed by atoms with Crippen molar-refractivity contribution >= 4 is 21.4 Å². The van der Waals surface area contributed by atoms with Crippen LogP contribution >= 0.6 is 0 Å². The Hall–Kier alpha value is -3.22. The summed E-state index contributed by atoms with van der Waals surface area (Å²) in [6, 6.07) is 9.22. The van der Waals surface area contributed by atoms with Gasteiger partial charge in [0.2, 0.25) is 10.0 Å². The fourth-order valence-corrected chi connectivity index (χ4v) is 2.04. The van der Waals surface area contributed by atoms with Crippen LogP contribution in [0.25, 0.3) is 0 Å². The number of nitrogens with one attached hydrogen (secondary N) is 2. The molecule has 0 saturated carbocycles. The highest BCUT2D eigenvalue weighted by molar-refractivity contribution is 7.92. The minimum Gasteiger partial charge on any atom is -0.497 e. The van der Waals surface area contributed by atoms with Crippen LogP contribution in [0.4, 0.5) is 11.4 Å². The van der Waals surface area contributed by atoms with Gasteiger partial charge in [-0.25, -0.2) is 8.42 Å². The molecule has 0 aliphatic heterocycles. The Morgan fingerprint density at radius 3 is 2.23 bits per heavy atom. The molecule has 0 atom stereocenters. The third-order valence-electron chi connectivity index (χ3n) is 2.37. The predicted molar refractivity (Wildman–Crippen MR) is 78.9 cm³/mol. The number of hydrogen-bond acceptors (Lipinski definition) is 7. The number of ether oxygens (including phenoxy) is 1. The average Bonchev–Trinajstić information content (AvgIpc) is 2.47. The Kier molecular flexibility index (Phi) is 5.34. The van der Waals surface area contributed by atoms with Gasteiger partial charge >= 0.3 is 0 Å². The molecule has 9 heteroatoms. The molecule has 0 aliphatic carbocycles. The lowest BCUT2D eigenvalue weighted by Crippen LogP contribution is -2.12. The molecule has 0 fully saturated rings. The summed E-state index contributed by atoms with van der Waals surface area (Å²) >= 11 is 0. The smallest absolute Gasteiger partial charge is 0.229 e. The van der Waals surface area contributed by atoms with E-state index in [1.54, 1.807) is 18.2 Å². The maximum absolute atomic E-state index is 11.4. The molecule has 1 rings (SSSR count). The van der Waals surface area contributed by atoms with E-state index in [0.717, 1.165) is 6.26 Å². The van der Waals surface area contributed by atoms with Crippen molar-refractivity contribution in [2.45, 2.75) is 0 Å². The van der Waals surface area contributed by atoms with Crippen LogP contribution in [0, 0.1) is 34.0 Å². The number of methoxy groups -OCH3 is 1. The van der Waals surface area contributed by atoms with Crippen molar-refractivity contribution in [1.82, 2.24) is 0 Å². The maximum Gasteiger partial charge on any atom is 0.229 e. The second kappa shape index (κ2) is 6.98. The Bertz CT molecular complexity index is 822. The number of allylic oxidation sites excluding steroid dienone is 2. The van der Waals surface area contributed by atoms with E-state index >= 15 is 0 Å². The lowest BCUT2D eigenvalue weighted by Gasteiger charge is -2.13. The van der Waals surface area contributed by atoms with Crippen LogP contribution in [0.5, 0.6) is 5.75 Å². The first kappa shape index (κ1) is 16.8. The molecule has 112 valence electrons. The Morgan fingerprint density at radius 2 is 1.77 bits per heavy atom. The van der Waals surface area contributed by atoms with Gasteiger partial charge in [0.25, 0.3) is 0 Å². The Balaban J connectivity index is 3.39. The average molecular weight is 317 g/mol. The van der Waals surface area contributed by atoms with Gasteiger partial charge in [0.05, 0.1) is 24.7 Å². The summed E-state index contributed by atoms with van der Waals surface area (Å²) in [4.78, 5) is 0. The molecule has 0 aromatic heterocycles. The Labute approximate surface area is 127 Å². The molecule has 1 aromatic rings. The van der Waals surface area contributed by atoms with Gasteiger partial charge in [-0.3, -0.25) is 4.72 Å². The van der Waals surface area contributed by atoms with Crippen LogP contribution in [-0.2, 0) is 10.0 Å². The fourth-order valence-electron chi connectivity index (χ4n) is 1.46. The van der Waals surface area contributed by atoms with E-state index < -0.39 is 15.6 Å². The largest absolute Gasteiger partial charge is 0.497 e. The molecule has 1 aromatic carbocycles. The lowest BCUT2D eigenvalue weighted by atomic mass is 10.2. The van der Waals surface area contributed by atoms with Crippen LogP contribution in [0.15, 0.2) is 29.5 Å². The number of nitriles is 3. The minimum absolute atomic E-state index is 0.145. The summed E-state index contributed by atoms with van der Waals surface area (Å²) in [5.41, 5.74) is -0.402. The van der Waals surface area contributed by atoms with Gasteiger partial charge in [-0.1, -0.05) is 0 Å². The first-order valence-electron chi connectivity index (χ1n) is 5.72. The molecule has 0 heterocycles. The minimum atomic E-state index is -3.55. The molecule has 0 aliphatic rings. The van der Waals surface area contributed by atoms with Gasteiger partial charge in [0, 0.05) is 6.07 Å². The molecule has 0 bridgehead atoms. The van der Waals surface area contributed by atoms with Gasteiger partial charge in [-0.2, -0.15) is 15.8 Å². The van der Waals surface area contributed by atoms with Crippen molar-refractivity contribution < 1.29 is 13.2 Å². The third-order valence-corrected chi connectivity index (χ3v) is 2.96. The first-order valence-corrected chi connectivity index (χ1v) is 7.61. The lowest BCUT2D eigenvalue weighted by molar-refractivity contribution is 0.415. The van der Waals surface area contributed by atoms with Gasteiger partial charge in [-0.15, -0.1) is 0 Å². The van der Waals surface area contributed by atoms with E-state index in [2.05, 4.69) is 10.0 Å². The highest BCUT2D eigenvalue weighted by Crippen LogP contribution is 2.29. The van der Waals surface area contributed by atoms with Crippen molar-refractivity contribution in [3.63, 3.8) is 0 Å². The summed E-state index contributed by atoms with van der Waals surface area (Å²) in [5, 5.41) is 29.2. The third kappa shape index (κ3) is 4.41. The second-order valence-electron chi connectivity index (χ2n) is 4.00. The van der Waals surface area contributed by atoms with Crippen molar-refractivity contribution in [3.8, 4) is 24.0 Å². The van der Waals surface area contributed by atoms with E-state index in [0.29, 0.717) is 5.75 Å². The standard InChI is InChI=1S/C13H11N5O3S/c1-21-10-3-4-11(18-22(2,19)20)12(5-10)17-13(8-16)9(6-14)7-15/h3-5,17-18H,1-2H3. The molecule has 2 N–H and O–H groups in total. The quantitative estimate of drug-likeness (QED) is 0.780. The zero-order valence-electron chi connectivity index (χ0n) is 11.7. The molecule has 0 unspecified atom stereocenters. The molecule has 0 amide bonds. The van der Waals surface area contributed by atoms with Crippen LogP contribution < -0.4 is 14.8 Å². The van der Waals surface area contributed by atoms with Crippen molar-refractivity contribution in [1.29, 1.82) is 15.8 Å². The van der Waals surface area contributed by atoms with Gasteiger partial charge in [0.15, 0.2) is 5.57 Å². The summed E-state index contributed by atoms with van der Waals surface area (Å²) in [7, 11) is -2.14. The number of hydrogen-bond donors (Lipinski definition) is 2. The van der Waals surface area contributed by atoms with Crippen molar-refractivity contribution in [2.75, 3.05) is 23.4 Å². The van der Waals surface area contributed by atoms with Crippen LogP contribution in [-0.4, -0.2) is 21.8 Å². The molecule has 0 saturated heterocycles. The molecule has 22 heavy (non-hydrogen) atoms. The van der Waals surface area contributed by atoms with Crippen LogP contribution in [0.2, 0.25) is 0 Å². The summed E-state index contributed by atoms with van der Waals surface area (Å²) < 4.78 is 30.0. The van der Waals surface area contributed by atoms with Gasteiger partial charge < -0.3 is 10.1 Å². The molecule has 8 nitrogen and oxygen atoms in total. The monoisotopic (exact) mass is 317 g/mol. The normalized spacial score (nSPS) is 9.59. The molecule has 0 spiro atoms. The van der Waals surface area contributed by atoms with E-state index in [4.69, 9.17) is 20.5 Å². The summed E-state index contributed by atoms with van der Waals surface area (Å²) in [6.45, 7) is 0. The SMILES string of the molecule is COc1ccc(NS(C)(=O)=O)c(NC(C#N)=C(C#N)C#N)c1. The highest BCUT2D eigenvalue weighted by atomic mass is 32.2. The van der Waals surface area contributed by atoms with Gasteiger partial charge in [-0.05, 0) is 12.1 Å². The van der Waals surface area contributed by atoms with Crippen LogP contribution in [0.3, 0.4) is 0 Å². The topological polar surface area (TPSA) is 139 Å². The van der Waals surface area contributed by atoms with E-state index in [1.165, 1.54) is 25.3 Å². The number of sulfonamides is 1. The fraction of sp³-hybridized carbons (Fsp3) is 0.154. The zero-order valence-corrected chi connectivity index (χ0v) is 12.5. The van der Waals surface area contributed by atoms with E-state index in [9.17, 15) is 8.42 Å². The first-order chi connectivity index (χ1) is 10.3. The van der Waals surface area contributed by atoms with Gasteiger partial charge in [0.1, 0.15) is 29.7 Å².